The van der Waals surface area contributed by atoms with Crippen molar-refractivity contribution in [3.63, 3.8) is 0 Å². The molecule has 16 heavy (non-hydrogen) atoms. The Bertz CT molecular complexity index is 464. The topological polar surface area (TPSA) is 77.8 Å². The first-order chi connectivity index (χ1) is 7.63. The Morgan fingerprint density at radius 1 is 1.50 bits per heavy atom. The molecule has 0 spiro atoms. The van der Waals surface area contributed by atoms with Gasteiger partial charge in [0.1, 0.15) is 0 Å². The maximum absolute atomic E-state index is 6.02. The molecule has 2 heterocycles. The van der Waals surface area contributed by atoms with Crippen molar-refractivity contribution in [1.29, 1.82) is 0 Å². The second-order valence-electron chi connectivity index (χ2n) is 3.94. The van der Waals surface area contributed by atoms with Gasteiger partial charge in [-0.3, -0.25) is 4.98 Å². The number of nitrogens with zero attached hydrogens (tertiary/aromatic N) is 3. The van der Waals surface area contributed by atoms with Crippen molar-refractivity contribution < 1.29 is 4.52 Å². The summed E-state index contributed by atoms with van der Waals surface area (Å²) < 4.78 is 5.16. The average molecular weight is 218 g/mol. The van der Waals surface area contributed by atoms with E-state index in [4.69, 9.17) is 10.3 Å². The zero-order valence-corrected chi connectivity index (χ0v) is 9.34. The molecule has 1 atom stereocenters. The monoisotopic (exact) mass is 218 g/mol. The minimum absolute atomic E-state index is 0.453. The Morgan fingerprint density at radius 2 is 2.31 bits per heavy atom. The summed E-state index contributed by atoms with van der Waals surface area (Å²) in [6, 6.07) is 3.70. The Kier molecular flexibility index (Phi) is 2.70. The van der Waals surface area contributed by atoms with E-state index >= 15 is 0 Å². The van der Waals surface area contributed by atoms with Crippen LogP contribution in [0.3, 0.4) is 0 Å². The second-order valence-corrected chi connectivity index (χ2v) is 3.94. The van der Waals surface area contributed by atoms with Crippen LogP contribution in [0.1, 0.15) is 26.2 Å². The summed E-state index contributed by atoms with van der Waals surface area (Å²) in [6.07, 6.45) is 4.12. The van der Waals surface area contributed by atoms with Gasteiger partial charge in [0.25, 0.3) is 0 Å². The molecule has 2 aromatic heterocycles. The standard InChI is InChI=1S/C11H14N4O/c1-3-11(2,12)10-14-9(15-16-10)8-5-4-6-13-7-8/h4-7H,3,12H2,1-2H3. The molecule has 2 aromatic rings. The number of pyridine rings is 1. The van der Waals surface area contributed by atoms with Gasteiger partial charge in [-0.15, -0.1) is 0 Å². The van der Waals surface area contributed by atoms with Crippen molar-refractivity contribution in [1.82, 2.24) is 15.1 Å². The van der Waals surface area contributed by atoms with Crippen LogP contribution < -0.4 is 5.73 Å². The van der Waals surface area contributed by atoms with E-state index in [9.17, 15) is 0 Å². The molecule has 0 saturated carbocycles. The fraction of sp³-hybridized carbons (Fsp3) is 0.364. The van der Waals surface area contributed by atoms with Crippen molar-refractivity contribution in [3.8, 4) is 11.4 Å². The third-order valence-corrected chi connectivity index (χ3v) is 2.57. The lowest BCUT2D eigenvalue weighted by atomic mass is 10.0. The normalized spacial score (nSPS) is 14.7. The molecule has 0 aliphatic heterocycles. The molecule has 0 bridgehead atoms. The van der Waals surface area contributed by atoms with Gasteiger partial charge < -0.3 is 10.3 Å². The van der Waals surface area contributed by atoms with Gasteiger partial charge in [-0.05, 0) is 25.5 Å². The van der Waals surface area contributed by atoms with Crippen molar-refractivity contribution in [2.24, 2.45) is 5.73 Å². The second kappa shape index (κ2) is 4.02. The van der Waals surface area contributed by atoms with Gasteiger partial charge in [0, 0.05) is 18.0 Å². The van der Waals surface area contributed by atoms with Crippen LogP contribution in [0.25, 0.3) is 11.4 Å². The highest BCUT2D eigenvalue weighted by molar-refractivity contribution is 5.51. The van der Waals surface area contributed by atoms with Gasteiger partial charge in [0.2, 0.25) is 11.7 Å². The number of hydrogen-bond acceptors (Lipinski definition) is 5. The molecule has 0 radical (unpaired) electrons. The summed E-state index contributed by atoms with van der Waals surface area (Å²) >= 11 is 0. The maximum Gasteiger partial charge on any atom is 0.246 e. The highest BCUT2D eigenvalue weighted by atomic mass is 16.5. The first-order valence-corrected chi connectivity index (χ1v) is 5.17. The van der Waals surface area contributed by atoms with Gasteiger partial charge in [-0.2, -0.15) is 4.98 Å². The molecule has 0 fully saturated rings. The molecule has 5 nitrogen and oxygen atoms in total. The first kappa shape index (κ1) is 10.8. The third kappa shape index (κ3) is 1.94. The van der Waals surface area contributed by atoms with E-state index in [0.717, 1.165) is 12.0 Å². The van der Waals surface area contributed by atoms with Crippen LogP contribution in [0.15, 0.2) is 29.0 Å². The largest absolute Gasteiger partial charge is 0.337 e. The predicted molar refractivity (Wildman–Crippen MR) is 59.4 cm³/mol. The van der Waals surface area contributed by atoms with Gasteiger partial charge in [-0.25, -0.2) is 0 Å². The maximum atomic E-state index is 6.02. The first-order valence-electron chi connectivity index (χ1n) is 5.17. The molecular formula is C11H14N4O. The Hall–Kier alpha value is -1.75. The van der Waals surface area contributed by atoms with Crippen LogP contribution in [0.4, 0.5) is 0 Å². The van der Waals surface area contributed by atoms with Crippen LogP contribution in [-0.2, 0) is 5.54 Å². The Morgan fingerprint density at radius 3 is 2.94 bits per heavy atom. The van der Waals surface area contributed by atoms with E-state index in [-0.39, 0.29) is 0 Å². The minimum Gasteiger partial charge on any atom is -0.337 e. The van der Waals surface area contributed by atoms with Crippen molar-refractivity contribution in [2.45, 2.75) is 25.8 Å². The Labute approximate surface area is 93.7 Å². The van der Waals surface area contributed by atoms with E-state index in [1.54, 1.807) is 12.4 Å². The molecule has 0 saturated heterocycles. The lowest BCUT2D eigenvalue weighted by Crippen LogP contribution is -2.32. The summed E-state index contributed by atoms with van der Waals surface area (Å²) in [6.45, 7) is 3.85. The van der Waals surface area contributed by atoms with Crippen LogP contribution >= 0.6 is 0 Å². The molecule has 5 heteroatoms. The van der Waals surface area contributed by atoms with Crippen molar-refractivity contribution in [3.05, 3.63) is 30.4 Å². The van der Waals surface area contributed by atoms with Crippen LogP contribution in [0.2, 0.25) is 0 Å². The number of aromatic nitrogens is 3. The highest BCUT2D eigenvalue weighted by Crippen LogP contribution is 2.22. The fourth-order valence-electron chi connectivity index (χ4n) is 1.22. The Balaban J connectivity index is 2.34. The summed E-state index contributed by atoms with van der Waals surface area (Å²) in [5, 5.41) is 3.89. The summed E-state index contributed by atoms with van der Waals surface area (Å²) in [5.41, 5.74) is 6.26. The van der Waals surface area contributed by atoms with Gasteiger partial charge in [0.15, 0.2) is 0 Å². The van der Waals surface area contributed by atoms with Crippen LogP contribution in [0, 0.1) is 0 Å². The van der Waals surface area contributed by atoms with E-state index < -0.39 is 5.54 Å². The molecule has 0 aliphatic rings. The highest BCUT2D eigenvalue weighted by Gasteiger charge is 2.26. The fourth-order valence-corrected chi connectivity index (χ4v) is 1.22. The van der Waals surface area contributed by atoms with Crippen LogP contribution in [0.5, 0.6) is 0 Å². The smallest absolute Gasteiger partial charge is 0.246 e. The van der Waals surface area contributed by atoms with E-state index in [0.29, 0.717) is 11.7 Å². The lowest BCUT2D eigenvalue weighted by Gasteiger charge is -2.16. The molecule has 2 rings (SSSR count). The number of nitrogens with two attached hydrogens (primary N) is 1. The summed E-state index contributed by atoms with van der Waals surface area (Å²) in [4.78, 5) is 8.28. The zero-order chi connectivity index (χ0) is 11.6. The summed E-state index contributed by atoms with van der Waals surface area (Å²) in [5.74, 6) is 0.974. The summed E-state index contributed by atoms with van der Waals surface area (Å²) in [7, 11) is 0. The van der Waals surface area contributed by atoms with Gasteiger partial charge >= 0.3 is 0 Å². The molecule has 0 aromatic carbocycles. The van der Waals surface area contributed by atoms with Crippen molar-refractivity contribution >= 4 is 0 Å². The van der Waals surface area contributed by atoms with Crippen LogP contribution in [-0.4, -0.2) is 15.1 Å². The van der Waals surface area contributed by atoms with E-state index in [1.807, 2.05) is 26.0 Å². The predicted octanol–water partition coefficient (Wildman–Crippen LogP) is 1.72. The lowest BCUT2D eigenvalue weighted by molar-refractivity contribution is 0.291. The van der Waals surface area contributed by atoms with Gasteiger partial charge in [0.05, 0.1) is 5.54 Å². The molecule has 84 valence electrons. The number of hydrogen-bond donors (Lipinski definition) is 1. The van der Waals surface area contributed by atoms with Crippen molar-refractivity contribution in [2.75, 3.05) is 0 Å². The van der Waals surface area contributed by atoms with Gasteiger partial charge in [-0.1, -0.05) is 12.1 Å². The molecular weight excluding hydrogens is 204 g/mol. The SMILES string of the molecule is CCC(C)(N)c1nc(-c2cccnc2)no1. The quantitative estimate of drug-likeness (QED) is 0.848. The minimum atomic E-state index is -0.576. The molecule has 1 unspecified atom stereocenters. The molecule has 0 aliphatic carbocycles. The van der Waals surface area contributed by atoms with E-state index in [1.165, 1.54) is 0 Å². The molecule has 0 amide bonds. The van der Waals surface area contributed by atoms with E-state index in [2.05, 4.69) is 15.1 Å². The third-order valence-electron chi connectivity index (χ3n) is 2.57. The number of rotatable bonds is 3. The zero-order valence-electron chi connectivity index (χ0n) is 9.34. The average Bonchev–Trinajstić information content (AvgIpc) is 2.80. The molecule has 2 N–H and O–H groups in total.